The molecule has 0 atom stereocenters. The Morgan fingerprint density at radius 1 is 1.00 bits per heavy atom. The maximum atomic E-state index is 13.9. The number of benzene rings is 2. The molecule has 0 fully saturated rings. The Bertz CT molecular complexity index is 817. The number of hydrogen-bond donors (Lipinski definition) is 2. The largest absolute Gasteiger partial charge is 0.326 e. The van der Waals surface area contributed by atoms with Crippen LogP contribution in [-0.4, -0.2) is 11.8 Å². The Morgan fingerprint density at radius 2 is 1.76 bits per heavy atom. The van der Waals surface area contributed by atoms with Crippen LogP contribution >= 0.6 is 0 Å². The van der Waals surface area contributed by atoms with Crippen LogP contribution in [0.1, 0.15) is 36.5 Å². The number of rotatable bonds is 4. The summed E-state index contributed by atoms with van der Waals surface area (Å²) in [6, 6.07) is 10.2. The number of carbonyl (C=O) groups is 2. The second-order valence-electron chi connectivity index (χ2n) is 6.41. The summed E-state index contributed by atoms with van der Waals surface area (Å²) in [6.45, 7) is 1.37. The van der Waals surface area contributed by atoms with E-state index < -0.39 is 5.82 Å². The molecule has 2 aromatic rings. The second kappa shape index (κ2) is 7.47. The molecule has 1 aliphatic rings. The fourth-order valence-corrected chi connectivity index (χ4v) is 3.18. The van der Waals surface area contributed by atoms with Gasteiger partial charge in [0.25, 0.3) is 0 Å². The molecule has 0 spiro atoms. The third-order valence-corrected chi connectivity index (χ3v) is 4.34. The topological polar surface area (TPSA) is 58.2 Å². The summed E-state index contributed by atoms with van der Waals surface area (Å²) in [5, 5.41) is 5.16. The lowest BCUT2D eigenvalue weighted by atomic mass is 9.90. The van der Waals surface area contributed by atoms with Crippen LogP contribution in [0.3, 0.4) is 0 Å². The highest BCUT2D eigenvalue weighted by molar-refractivity contribution is 5.94. The second-order valence-corrected chi connectivity index (χ2v) is 6.41. The minimum atomic E-state index is -0.534. The first-order valence-corrected chi connectivity index (χ1v) is 8.49. The van der Waals surface area contributed by atoms with E-state index >= 15 is 0 Å². The van der Waals surface area contributed by atoms with Crippen LogP contribution in [0.5, 0.6) is 0 Å². The van der Waals surface area contributed by atoms with E-state index in [-0.39, 0.29) is 23.9 Å². The molecule has 0 saturated carbocycles. The quantitative estimate of drug-likeness (QED) is 0.888. The molecule has 0 aliphatic heterocycles. The average Bonchev–Trinajstić information content (AvgIpc) is 2.57. The van der Waals surface area contributed by atoms with Gasteiger partial charge in [0, 0.05) is 12.6 Å². The van der Waals surface area contributed by atoms with Crippen LogP contribution in [0, 0.1) is 5.82 Å². The third kappa shape index (κ3) is 4.44. The fraction of sp³-hybridized carbons (Fsp3) is 0.300. The molecule has 5 heteroatoms. The molecule has 2 amide bonds. The summed E-state index contributed by atoms with van der Waals surface area (Å²) in [7, 11) is 0. The number of hydrogen-bond acceptors (Lipinski definition) is 2. The molecule has 25 heavy (non-hydrogen) atoms. The van der Waals surface area contributed by atoms with Gasteiger partial charge in [-0.3, -0.25) is 9.59 Å². The summed E-state index contributed by atoms with van der Waals surface area (Å²) in [5.41, 5.74) is 4.11. The lowest BCUT2D eigenvalue weighted by Gasteiger charge is -2.16. The minimum Gasteiger partial charge on any atom is -0.326 e. The van der Waals surface area contributed by atoms with Crippen LogP contribution in [0.4, 0.5) is 15.8 Å². The van der Waals surface area contributed by atoms with E-state index in [2.05, 4.69) is 22.8 Å². The van der Waals surface area contributed by atoms with E-state index in [4.69, 9.17) is 0 Å². The normalized spacial score (nSPS) is 13.0. The molecule has 0 unspecified atom stereocenters. The highest BCUT2D eigenvalue weighted by Gasteiger charge is 2.13. The zero-order valence-electron chi connectivity index (χ0n) is 14.2. The molecule has 130 valence electrons. The molecule has 3 rings (SSSR count). The van der Waals surface area contributed by atoms with E-state index in [0.717, 1.165) is 18.4 Å². The van der Waals surface area contributed by atoms with Crippen LogP contribution < -0.4 is 10.6 Å². The summed E-state index contributed by atoms with van der Waals surface area (Å²) >= 11 is 0. The molecular formula is C20H21FN2O2. The zero-order chi connectivity index (χ0) is 17.8. The van der Waals surface area contributed by atoms with Gasteiger partial charge in [0.1, 0.15) is 5.82 Å². The van der Waals surface area contributed by atoms with Crippen molar-refractivity contribution in [1.82, 2.24) is 0 Å². The van der Waals surface area contributed by atoms with Crippen molar-refractivity contribution in [3.8, 4) is 0 Å². The maximum Gasteiger partial charge on any atom is 0.228 e. The summed E-state index contributed by atoms with van der Waals surface area (Å²) < 4.78 is 13.9. The average molecular weight is 340 g/mol. The van der Waals surface area contributed by atoms with Crippen LogP contribution in [-0.2, 0) is 28.9 Å². The molecule has 1 aliphatic carbocycles. The highest BCUT2D eigenvalue weighted by atomic mass is 19.1. The molecule has 0 radical (unpaired) electrons. The third-order valence-electron chi connectivity index (χ3n) is 4.34. The predicted octanol–water partition coefficient (Wildman–Crippen LogP) is 3.84. The van der Waals surface area contributed by atoms with Gasteiger partial charge in [0.05, 0.1) is 12.1 Å². The predicted molar refractivity (Wildman–Crippen MR) is 96.1 cm³/mol. The number of nitrogens with one attached hydrogen (secondary N) is 2. The molecule has 2 aromatic carbocycles. The van der Waals surface area contributed by atoms with E-state index in [9.17, 15) is 14.0 Å². The van der Waals surface area contributed by atoms with Gasteiger partial charge >= 0.3 is 0 Å². The minimum absolute atomic E-state index is 0.0641. The zero-order valence-corrected chi connectivity index (χ0v) is 14.2. The molecule has 4 nitrogen and oxygen atoms in total. The molecule has 0 saturated heterocycles. The van der Waals surface area contributed by atoms with Gasteiger partial charge in [0.2, 0.25) is 11.8 Å². The van der Waals surface area contributed by atoms with Gasteiger partial charge < -0.3 is 10.6 Å². The first-order chi connectivity index (χ1) is 12.0. The number of halogens is 1. The van der Waals surface area contributed by atoms with E-state index in [1.807, 2.05) is 6.07 Å². The SMILES string of the molecule is CC(=O)Nc1ccc(F)c(NC(=O)Cc2ccc3c(c2)CCCC3)c1. The maximum absolute atomic E-state index is 13.9. The Morgan fingerprint density at radius 3 is 2.52 bits per heavy atom. The Labute approximate surface area is 146 Å². The summed E-state index contributed by atoms with van der Waals surface area (Å²) in [6.07, 6.45) is 4.75. The van der Waals surface area contributed by atoms with Crippen LogP contribution in [0.25, 0.3) is 0 Å². The Kier molecular flexibility index (Phi) is 5.12. The van der Waals surface area contributed by atoms with Crippen molar-refractivity contribution in [2.24, 2.45) is 0 Å². The van der Waals surface area contributed by atoms with Gasteiger partial charge in [-0.05, 0) is 60.6 Å². The molecule has 0 aromatic heterocycles. The smallest absolute Gasteiger partial charge is 0.228 e. The van der Waals surface area contributed by atoms with Crippen molar-refractivity contribution < 1.29 is 14.0 Å². The van der Waals surface area contributed by atoms with Crippen molar-refractivity contribution in [3.63, 3.8) is 0 Å². The number of anilines is 2. The van der Waals surface area contributed by atoms with E-state index in [1.165, 1.54) is 49.1 Å². The molecular weight excluding hydrogens is 319 g/mol. The first kappa shape index (κ1) is 17.1. The Hall–Kier alpha value is -2.69. The summed E-state index contributed by atoms with van der Waals surface area (Å²) in [4.78, 5) is 23.4. The molecule has 0 bridgehead atoms. The monoisotopic (exact) mass is 340 g/mol. The van der Waals surface area contributed by atoms with E-state index in [0.29, 0.717) is 5.69 Å². The van der Waals surface area contributed by atoms with Gasteiger partial charge in [-0.2, -0.15) is 0 Å². The lowest BCUT2D eigenvalue weighted by molar-refractivity contribution is -0.116. The van der Waals surface area contributed by atoms with Gasteiger partial charge in [-0.15, -0.1) is 0 Å². The lowest BCUT2D eigenvalue weighted by Crippen LogP contribution is -2.16. The van der Waals surface area contributed by atoms with Crippen molar-refractivity contribution in [2.75, 3.05) is 10.6 Å². The summed E-state index contributed by atoms with van der Waals surface area (Å²) in [5.74, 6) is -1.07. The van der Waals surface area contributed by atoms with Crippen LogP contribution in [0.15, 0.2) is 36.4 Å². The van der Waals surface area contributed by atoms with Crippen molar-refractivity contribution in [1.29, 1.82) is 0 Å². The van der Waals surface area contributed by atoms with Gasteiger partial charge in [-0.25, -0.2) is 4.39 Å². The highest BCUT2D eigenvalue weighted by Crippen LogP contribution is 2.23. The van der Waals surface area contributed by atoms with Crippen molar-refractivity contribution in [2.45, 2.75) is 39.0 Å². The molecule has 0 heterocycles. The van der Waals surface area contributed by atoms with Crippen molar-refractivity contribution in [3.05, 3.63) is 58.9 Å². The molecule has 2 N–H and O–H groups in total. The van der Waals surface area contributed by atoms with Gasteiger partial charge in [-0.1, -0.05) is 18.2 Å². The van der Waals surface area contributed by atoms with E-state index in [1.54, 1.807) is 0 Å². The Balaban J connectivity index is 1.69. The number of aryl methyl sites for hydroxylation is 2. The number of carbonyl (C=O) groups excluding carboxylic acids is 2. The fourth-order valence-electron chi connectivity index (χ4n) is 3.18. The van der Waals surface area contributed by atoms with Crippen molar-refractivity contribution >= 4 is 23.2 Å². The number of amides is 2. The van der Waals surface area contributed by atoms with Gasteiger partial charge in [0.15, 0.2) is 0 Å². The van der Waals surface area contributed by atoms with Crippen LogP contribution in [0.2, 0.25) is 0 Å². The first-order valence-electron chi connectivity index (χ1n) is 8.49. The number of fused-ring (bicyclic) bond motifs is 1. The standard InChI is InChI=1S/C20H21FN2O2/c1-13(24)22-17-8-9-18(21)19(12-17)23-20(25)11-14-6-7-15-4-2-3-5-16(15)10-14/h6-10,12H,2-5,11H2,1H3,(H,22,24)(H,23,25).